The van der Waals surface area contributed by atoms with Crippen LogP contribution in [0.5, 0.6) is 11.5 Å². The summed E-state index contributed by atoms with van der Waals surface area (Å²) in [6, 6.07) is 3.36. The fourth-order valence-electron chi connectivity index (χ4n) is 1.60. The molecule has 5 nitrogen and oxygen atoms in total. The second-order valence-electron chi connectivity index (χ2n) is 3.34. The third-order valence-corrected chi connectivity index (χ3v) is 3.29. The van der Waals surface area contributed by atoms with Gasteiger partial charge in [0.05, 0.1) is 31.8 Å². The van der Waals surface area contributed by atoms with Crippen LogP contribution >= 0.6 is 11.8 Å². The average Bonchev–Trinajstić information content (AvgIpc) is 2.43. The van der Waals surface area contributed by atoms with Crippen molar-refractivity contribution in [3.63, 3.8) is 0 Å². The van der Waals surface area contributed by atoms with Gasteiger partial charge in [-0.05, 0) is 18.4 Å². The predicted octanol–water partition coefficient (Wildman–Crippen LogP) is 1.63. The standard InChI is InChI=1S/C12H16O5S/c1-15-7-5-6-8(16-2)11(18-4)9(7)10(13)12(14)17-3/h5-6,10,13H,1-4H3. The molecule has 0 aliphatic rings. The van der Waals surface area contributed by atoms with E-state index in [0.29, 0.717) is 22.0 Å². The summed E-state index contributed by atoms with van der Waals surface area (Å²) in [4.78, 5) is 12.1. The van der Waals surface area contributed by atoms with Crippen molar-refractivity contribution >= 4 is 17.7 Å². The maximum absolute atomic E-state index is 11.5. The van der Waals surface area contributed by atoms with Gasteiger partial charge in [-0.15, -0.1) is 11.8 Å². The molecule has 0 aliphatic carbocycles. The van der Waals surface area contributed by atoms with Crippen molar-refractivity contribution in [1.29, 1.82) is 0 Å². The van der Waals surface area contributed by atoms with Gasteiger partial charge in [-0.3, -0.25) is 0 Å². The number of hydrogen-bond acceptors (Lipinski definition) is 6. The number of ether oxygens (including phenoxy) is 3. The van der Waals surface area contributed by atoms with E-state index in [-0.39, 0.29) is 0 Å². The van der Waals surface area contributed by atoms with Crippen LogP contribution in [0.25, 0.3) is 0 Å². The number of methoxy groups -OCH3 is 3. The first kappa shape index (κ1) is 14.7. The Morgan fingerprint density at radius 2 is 1.78 bits per heavy atom. The van der Waals surface area contributed by atoms with Crippen molar-refractivity contribution in [2.45, 2.75) is 11.0 Å². The largest absolute Gasteiger partial charge is 0.496 e. The Kier molecular flexibility index (Phi) is 5.30. The quantitative estimate of drug-likeness (QED) is 0.649. The number of thioether (sulfide) groups is 1. The maximum Gasteiger partial charge on any atom is 0.339 e. The number of carbonyl (C=O) groups excluding carboxylic acids is 1. The van der Waals surface area contributed by atoms with Crippen LogP contribution in [0.1, 0.15) is 11.7 Å². The summed E-state index contributed by atoms with van der Waals surface area (Å²) in [5, 5.41) is 10.0. The summed E-state index contributed by atoms with van der Waals surface area (Å²) in [6.45, 7) is 0. The Morgan fingerprint density at radius 3 is 2.22 bits per heavy atom. The van der Waals surface area contributed by atoms with Gasteiger partial charge >= 0.3 is 5.97 Å². The summed E-state index contributed by atoms with van der Waals surface area (Å²) < 4.78 is 14.9. The van der Waals surface area contributed by atoms with Crippen LogP contribution in [0.3, 0.4) is 0 Å². The Labute approximate surface area is 110 Å². The zero-order chi connectivity index (χ0) is 13.7. The Hall–Kier alpha value is -1.40. The Morgan fingerprint density at radius 1 is 1.22 bits per heavy atom. The van der Waals surface area contributed by atoms with E-state index in [4.69, 9.17) is 9.47 Å². The van der Waals surface area contributed by atoms with E-state index < -0.39 is 12.1 Å². The van der Waals surface area contributed by atoms with Gasteiger partial charge in [0.1, 0.15) is 11.5 Å². The molecule has 6 heteroatoms. The highest BCUT2D eigenvalue weighted by atomic mass is 32.2. The summed E-state index contributed by atoms with van der Waals surface area (Å²) >= 11 is 1.36. The van der Waals surface area contributed by atoms with E-state index in [2.05, 4.69) is 4.74 Å². The van der Waals surface area contributed by atoms with Crippen LogP contribution in [-0.4, -0.2) is 38.7 Å². The van der Waals surface area contributed by atoms with Crippen molar-refractivity contribution in [3.05, 3.63) is 17.7 Å². The molecule has 1 rings (SSSR count). The third-order valence-electron chi connectivity index (χ3n) is 2.46. The molecule has 0 saturated carbocycles. The summed E-state index contributed by atoms with van der Waals surface area (Å²) in [5.74, 6) is 0.246. The van der Waals surface area contributed by atoms with Crippen LogP contribution < -0.4 is 9.47 Å². The lowest BCUT2D eigenvalue weighted by Crippen LogP contribution is -2.15. The van der Waals surface area contributed by atoms with E-state index in [1.807, 2.05) is 6.26 Å². The molecule has 0 heterocycles. The highest BCUT2D eigenvalue weighted by Gasteiger charge is 2.27. The maximum atomic E-state index is 11.5. The van der Waals surface area contributed by atoms with Gasteiger partial charge < -0.3 is 19.3 Å². The molecule has 0 saturated heterocycles. The van der Waals surface area contributed by atoms with Crippen molar-refractivity contribution < 1.29 is 24.1 Å². The summed E-state index contributed by atoms with van der Waals surface area (Å²) in [5.41, 5.74) is 0.358. The third kappa shape index (κ3) is 2.70. The summed E-state index contributed by atoms with van der Waals surface area (Å²) in [7, 11) is 4.21. The number of hydrogen-bond donors (Lipinski definition) is 1. The predicted molar refractivity (Wildman–Crippen MR) is 68.3 cm³/mol. The molecule has 0 radical (unpaired) electrons. The topological polar surface area (TPSA) is 65.0 Å². The molecular formula is C12H16O5S. The molecular weight excluding hydrogens is 256 g/mol. The minimum atomic E-state index is -1.40. The molecule has 1 atom stereocenters. The highest BCUT2D eigenvalue weighted by Crippen LogP contribution is 2.40. The van der Waals surface area contributed by atoms with Gasteiger partial charge in [-0.2, -0.15) is 0 Å². The number of aliphatic hydroxyl groups is 1. The van der Waals surface area contributed by atoms with Crippen molar-refractivity contribution in [2.24, 2.45) is 0 Å². The second-order valence-corrected chi connectivity index (χ2v) is 4.16. The molecule has 0 aromatic heterocycles. The smallest absolute Gasteiger partial charge is 0.339 e. The zero-order valence-corrected chi connectivity index (χ0v) is 11.5. The van der Waals surface area contributed by atoms with Crippen LogP contribution in [0.2, 0.25) is 0 Å². The number of benzene rings is 1. The molecule has 1 aromatic carbocycles. The summed E-state index contributed by atoms with van der Waals surface area (Å²) in [6.07, 6.45) is 0.424. The van der Waals surface area contributed by atoms with Crippen molar-refractivity contribution in [1.82, 2.24) is 0 Å². The van der Waals surface area contributed by atoms with Gasteiger partial charge in [-0.1, -0.05) is 0 Å². The average molecular weight is 272 g/mol. The number of aliphatic hydroxyl groups excluding tert-OH is 1. The van der Waals surface area contributed by atoms with Gasteiger partial charge in [0.25, 0.3) is 0 Å². The fourth-order valence-corrected chi connectivity index (χ4v) is 2.38. The Bertz CT molecular complexity index is 433. The molecule has 100 valence electrons. The van der Waals surface area contributed by atoms with Gasteiger partial charge in [0.2, 0.25) is 0 Å². The number of esters is 1. The lowest BCUT2D eigenvalue weighted by atomic mass is 10.1. The molecule has 18 heavy (non-hydrogen) atoms. The first-order valence-electron chi connectivity index (χ1n) is 5.15. The lowest BCUT2D eigenvalue weighted by Gasteiger charge is -2.18. The molecule has 0 bridgehead atoms. The first-order valence-corrected chi connectivity index (χ1v) is 6.37. The normalized spacial score (nSPS) is 11.8. The zero-order valence-electron chi connectivity index (χ0n) is 10.7. The first-order chi connectivity index (χ1) is 8.60. The van der Waals surface area contributed by atoms with E-state index in [1.165, 1.54) is 33.1 Å². The van der Waals surface area contributed by atoms with Crippen LogP contribution in [0, 0.1) is 0 Å². The van der Waals surface area contributed by atoms with Crippen molar-refractivity contribution in [2.75, 3.05) is 27.6 Å². The highest BCUT2D eigenvalue weighted by molar-refractivity contribution is 7.98. The minimum Gasteiger partial charge on any atom is -0.496 e. The molecule has 1 aromatic rings. The van der Waals surface area contributed by atoms with Crippen LogP contribution in [0.15, 0.2) is 17.0 Å². The second kappa shape index (κ2) is 6.51. The lowest BCUT2D eigenvalue weighted by molar-refractivity contribution is -0.150. The molecule has 0 spiro atoms. The molecule has 0 aliphatic heterocycles. The van der Waals surface area contributed by atoms with Gasteiger partial charge in [-0.25, -0.2) is 4.79 Å². The van der Waals surface area contributed by atoms with E-state index in [1.54, 1.807) is 12.1 Å². The molecule has 0 fully saturated rings. The minimum absolute atomic E-state index is 0.358. The van der Waals surface area contributed by atoms with Crippen LogP contribution in [0.4, 0.5) is 0 Å². The van der Waals surface area contributed by atoms with E-state index in [9.17, 15) is 9.90 Å². The van der Waals surface area contributed by atoms with Gasteiger partial charge in [0.15, 0.2) is 6.10 Å². The molecule has 1 N–H and O–H groups in total. The van der Waals surface area contributed by atoms with Crippen LogP contribution in [-0.2, 0) is 9.53 Å². The number of rotatable bonds is 5. The van der Waals surface area contributed by atoms with Crippen molar-refractivity contribution in [3.8, 4) is 11.5 Å². The Balaban J connectivity index is 3.40. The number of carbonyl (C=O) groups is 1. The molecule has 0 amide bonds. The fraction of sp³-hybridized carbons (Fsp3) is 0.417. The van der Waals surface area contributed by atoms with Gasteiger partial charge in [0, 0.05) is 0 Å². The van der Waals surface area contributed by atoms with E-state index in [0.717, 1.165) is 0 Å². The monoisotopic (exact) mass is 272 g/mol. The van der Waals surface area contributed by atoms with E-state index >= 15 is 0 Å². The SMILES string of the molecule is COC(=O)C(O)c1c(OC)ccc(OC)c1SC. The molecule has 1 unspecified atom stereocenters.